The highest BCUT2D eigenvalue weighted by molar-refractivity contribution is 7.18. The second kappa shape index (κ2) is 9.56. The van der Waals surface area contributed by atoms with Crippen LogP contribution >= 0.6 is 11.3 Å². The molecule has 2 amide bonds. The van der Waals surface area contributed by atoms with Crippen molar-refractivity contribution < 1.29 is 14.1 Å². The average Bonchev–Trinajstić information content (AvgIpc) is 3.58. The summed E-state index contributed by atoms with van der Waals surface area (Å²) >= 11 is 1.75. The Hall–Kier alpha value is -3.57. The molecule has 6 rings (SSSR count). The quantitative estimate of drug-likeness (QED) is 0.367. The van der Waals surface area contributed by atoms with Crippen LogP contribution in [0.2, 0.25) is 0 Å². The summed E-state index contributed by atoms with van der Waals surface area (Å²) in [5.74, 6) is -0.685. The maximum Gasteiger partial charge on any atom is 0.313 e. The Labute approximate surface area is 229 Å². The highest BCUT2D eigenvalue weighted by atomic mass is 32.1. The minimum absolute atomic E-state index is 0.137. The van der Waals surface area contributed by atoms with Crippen LogP contribution in [0.4, 0.5) is 5.69 Å². The van der Waals surface area contributed by atoms with Gasteiger partial charge in [0.25, 0.3) is 11.3 Å². The van der Waals surface area contributed by atoms with Gasteiger partial charge in [-0.15, -0.1) is 11.3 Å². The predicted octanol–water partition coefficient (Wildman–Crippen LogP) is 4.26. The Balaban J connectivity index is 1.24. The van der Waals surface area contributed by atoms with Crippen LogP contribution in [0.1, 0.15) is 62.6 Å². The number of anilines is 1. The van der Waals surface area contributed by atoms with E-state index in [0.29, 0.717) is 12.5 Å². The van der Waals surface area contributed by atoms with Crippen molar-refractivity contribution in [3.8, 4) is 0 Å². The fourth-order valence-electron chi connectivity index (χ4n) is 5.86. The summed E-state index contributed by atoms with van der Waals surface area (Å²) in [6.45, 7) is 8.12. The molecule has 2 fully saturated rings. The number of benzene rings is 1. The van der Waals surface area contributed by atoms with E-state index in [1.54, 1.807) is 16.2 Å². The molecule has 5 heterocycles. The molecule has 3 atom stereocenters. The summed E-state index contributed by atoms with van der Waals surface area (Å²) < 4.78 is 6.09. The van der Waals surface area contributed by atoms with E-state index in [4.69, 9.17) is 9.51 Å². The number of hydrogen-bond acceptors (Lipinski definition) is 8. The van der Waals surface area contributed by atoms with Crippen molar-refractivity contribution in [3.63, 3.8) is 0 Å². The van der Waals surface area contributed by atoms with Crippen molar-refractivity contribution in [3.05, 3.63) is 51.4 Å². The van der Waals surface area contributed by atoms with Gasteiger partial charge in [-0.25, -0.2) is 9.97 Å². The molecule has 10 nitrogen and oxygen atoms in total. The first-order chi connectivity index (χ1) is 18.6. The van der Waals surface area contributed by atoms with Gasteiger partial charge in [-0.05, 0) is 69.8 Å². The van der Waals surface area contributed by atoms with Crippen molar-refractivity contribution >= 4 is 50.2 Å². The number of fused-ring (bicyclic) bond motifs is 2. The van der Waals surface area contributed by atoms with Crippen molar-refractivity contribution in [2.75, 3.05) is 25.5 Å². The smallest absolute Gasteiger partial charge is 0.313 e. The van der Waals surface area contributed by atoms with E-state index in [1.807, 2.05) is 0 Å². The molecule has 0 saturated carbocycles. The van der Waals surface area contributed by atoms with Gasteiger partial charge in [0.2, 0.25) is 0 Å². The molecular formula is C28H32N6O4S. The molecule has 0 spiro atoms. The lowest BCUT2D eigenvalue weighted by atomic mass is 9.89. The molecule has 204 valence electrons. The maximum atomic E-state index is 13.4. The van der Waals surface area contributed by atoms with Crippen LogP contribution in [0.3, 0.4) is 0 Å². The van der Waals surface area contributed by atoms with Gasteiger partial charge in [0.05, 0.1) is 33.2 Å². The number of amides is 2. The normalized spacial score (nSPS) is 23.5. The predicted molar refractivity (Wildman–Crippen MR) is 150 cm³/mol. The van der Waals surface area contributed by atoms with E-state index in [0.717, 1.165) is 46.6 Å². The summed E-state index contributed by atoms with van der Waals surface area (Å²) in [5.41, 5.74) is 2.03. The standard InChI is InChI=1S/C28H32N6O4S/c1-15-5-7-21(16-6-8-22-20(9-16)31-26(39-22)17-11-28(2,3)33(4)14-17)34(13-15)27(37)24(36)30-18-10-19-23(35)32-38-25(19)29-12-18/h6,8-10,12,15,17,21H,5,7,11,13-14H2,1-4H3,(H,30,36)(H,32,35)/t15-,17?,21+/m0/s1. The largest absolute Gasteiger partial charge is 0.358 e. The number of nitrogens with one attached hydrogen (secondary N) is 2. The van der Waals surface area contributed by atoms with Crippen LogP contribution < -0.4 is 10.9 Å². The molecule has 1 aromatic carbocycles. The number of carbonyl (C=O) groups excluding carboxylic acids is 2. The fraction of sp³-hybridized carbons (Fsp3) is 0.464. The van der Waals surface area contributed by atoms with Crippen molar-refractivity contribution in [2.45, 2.75) is 57.5 Å². The van der Waals surface area contributed by atoms with Gasteiger partial charge in [-0.1, -0.05) is 13.0 Å². The second-order valence-electron chi connectivity index (χ2n) is 11.6. The molecule has 4 aromatic rings. The number of aromatic nitrogens is 3. The number of likely N-dealkylation sites (tertiary alicyclic amines) is 2. The number of nitrogens with zero attached hydrogens (tertiary/aromatic N) is 4. The highest BCUT2D eigenvalue weighted by Gasteiger charge is 2.38. The first-order valence-electron chi connectivity index (χ1n) is 13.3. The topological polar surface area (TPSA) is 124 Å². The summed E-state index contributed by atoms with van der Waals surface area (Å²) in [7, 11) is 2.17. The summed E-state index contributed by atoms with van der Waals surface area (Å²) in [6.07, 6.45) is 4.16. The lowest BCUT2D eigenvalue weighted by Crippen LogP contribution is -2.46. The molecule has 2 aliphatic rings. The monoisotopic (exact) mass is 548 g/mol. The molecule has 11 heteroatoms. The maximum absolute atomic E-state index is 13.4. The number of likely N-dealkylation sites (N-methyl/N-ethyl adjacent to an activating group) is 1. The van der Waals surface area contributed by atoms with Crippen LogP contribution in [0.25, 0.3) is 21.3 Å². The van der Waals surface area contributed by atoms with E-state index in [1.165, 1.54) is 12.3 Å². The number of rotatable bonds is 3. The molecule has 0 bridgehead atoms. The molecule has 2 saturated heterocycles. The molecule has 2 N–H and O–H groups in total. The molecule has 1 unspecified atom stereocenters. The van der Waals surface area contributed by atoms with Crippen molar-refractivity contribution in [1.82, 2.24) is 24.9 Å². The van der Waals surface area contributed by atoms with Gasteiger partial charge in [-0.2, -0.15) is 5.16 Å². The Morgan fingerprint density at radius 3 is 2.79 bits per heavy atom. The van der Waals surface area contributed by atoms with Gasteiger partial charge in [0, 0.05) is 24.5 Å². The van der Waals surface area contributed by atoms with Gasteiger partial charge in [-0.3, -0.25) is 14.4 Å². The van der Waals surface area contributed by atoms with Gasteiger partial charge < -0.3 is 19.6 Å². The fourth-order valence-corrected chi connectivity index (χ4v) is 6.90. The summed E-state index contributed by atoms with van der Waals surface area (Å²) in [5, 5.41) is 6.18. The third-order valence-corrected chi connectivity index (χ3v) is 9.50. The molecule has 39 heavy (non-hydrogen) atoms. The molecule has 0 aliphatic carbocycles. The first kappa shape index (κ1) is 25.7. The zero-order valence-corrected chi connectivity index (χ0v) is 23.3. The SMILES string of the molecule is C[C@H]1CC[C@H](c2ccc3sc(C4CN(C)C(C)(C)C4)nc3c2)N(C(=O)C(=O)Nc2cnc3o[nH]c(=O)c3c2)C1. The van der Waals surface area contributed by atoms with Gasteiger partial charge >= 0.3 is 11.8 Å². The van der Waals surface area contributed by atoms with E-state index in [9.17, 15) is 14.4 Å². The third kappa shape index (κ3) is 4.74. The number of pyridine rings is 1. The Bertz CT molecular complexity index is 1640. The van der Waals surface area contributed by atoms with Crippen LogP contribution in [0.5, 0.6) is 0 Å². The molecule has 0 radical (unpaired) electrons. The summed E-state index contributed by atoms with van der Waals surface area (Å²) in [6, 6.07) is 7.48. The number of H-pyrrole nitrogens is 1. The number of piperidine rings is 1. The van der Waals surface area contributed by atoms with E-state index >= 15 is 0 Å². The number of hydrogen-bond donors (Lipinski definition) is 2. The van der Waals surface area contributed by atoms with Gasteiger partial charge in [0.15, 0.2) is 0 Å². The number of thiazole rings is 1. The highest BCUT2D eigenvalue weighted by Crippen LogP contribution is 2.41. The van der Waals surface area contributed by atoms with Crippen molar-refractivity contribution in [2.24, 2.45) is 5.92 Å². The Morgan fingerprint density at radius 1 is 1.21 bits per heavy atom. The Morgan fingerprint density at radius 2 is 2.03 bits per heavy atom. The van der Waals surface area contributed by atoms with Crippen LogP contribution in [0, 0.1) is 5.92 Å². The van der Waals surface area contributed by atoms with Crippen LogP contribution in [-0.4, -0.2) is 62.4 Å². The minimum Gasteiger partial charge on any atom is -0.358 e. The lowest BCUT2D eigenvalue weighted by Gasteiger charge is -2.38. The van der Waals surface area contributed by atoms with E-state index in [2.05, 4.69) is 66.4 Å². The van der Waals surface area contributed by atoms with E-state index in [-0.39, 0.29) is 34.3 Å². The molecule has 2 aliphatic heterocycles. The third-order valence-electron chi connectivity index (χ3n) is 8.30. The zero-order valence-electron chi connectivity index (χ0n) is 22.5. The van der Waals surface area contributed by atoms with Crippen molar-refractivity contribution in [1.29, 1.82) is 0 Å². The number of carbonyl (C=O) groups is 2. The average molecular weight is 549 g/mol. The minimum atomic E-state index is -0.764. The van der Waals surface area contributed by atoms with Crippen LogP contribution in [0.15, 0.2) is 39.8 Å². The zero-order chi connectivity index (χ0) is 27.5. The first-order valence-corrected chi connectivity index (χ1v) is 14.1. The van der Waals surface area contributed by atoms with E-state index < -0.39 is 17.4 Å². The Kier molecular flexibility index (Phi) is 6.30. The second-order valence-corrected chi connectivity index (χ2v) is 12.7. The lowest BCUT2D eigenvalue weighted by molar-refractivity contribution is -0.146. The van der Waals surface area contributed by atoms with Gasteiger partial charge in [0.1, 0.15) is 5.39 Å². The molecule has 3 aromatic heterocycles. The number of aromatic amines is 1. The molecular weight excluding hydrogens is 516 g/mol. The van der Waals surface area contributed by atoms with Crippen LogP contribution in [-0.2, 0) is 9.59 Å². The summed E-state index contributed by atoms with van der Waals surface area (Å²) in [4.78, 5) is 51.5.